The molecule has 1 unspecified atom stereocenters. The molecule has 1 aromatic heterocycles. The molecule has 3 rings (SSSR count). The van der Waals surface area contributed by atoms with Crippen molar-refractivity contribution >= 4 is 11.3 Å². The summed E-state index contributed by atoms with van der Waals surface area (Å²) in [6, 6.07) is 0. The van der Waals surface area contributed by atoms with E-state index in [1.807, 2.05) is 0 Å². The van der Waals surface area contributed by atoms with E-state index in [0.717, 1.165) is 24.7 Å². The summed E-state index contributed by atoms with van der Waals surface area (Å²) >= 11 is 1.72. The second-order valence-corrected chi connectivity index (χ2v) is 4.86. The predicted octanol–water partition coefficient (Wildman–Crippen LogP) is 1.08. The largest absolute Gasteiger partial charge is 0.368 e. The summed E-state index contributed by atoms with van der Waals surface area (Å²) < 4.78 is 5.62. The molecule has 1 aromatic rings. The molecule has 1 atom stereocenters. The molecule has 2 heterocycles. The molecule has 1 aliphatic heterocycles. The number of hydrogen-bond donors (Lipinski definition) is 1. The van der Waals surface area contributed by atoms with Crippen LogP contribution >= 0.6 is 11.3 Å². The molecule has 0 bridgehead atoms. The van der Waals surface area contributed by atoms with Crippen LogP contribution in [0.5, 0.6) is 0 Å². The minimum absolute atomic E-state index is 0.133. The second kappa shape index (κ2) is 3.56. The first-order valence-electron chi connectivity index (χ1n) is 5.09. The molecule has 5 heteroatoms. The highest BCUT2D eigenvalue weighted by atomic mass is 32.1. The monoisotopic (exact) mass is 211 g/mol. The van der Waals surface area contributed by atoms with Gasteiger partial charge in [-0.25, -0.2) is 0 Å². The van der Waals surface area contributed by atoms with E-state index in [-0.39, 0.29) is 6.10 Å². The first-order valence-corrected chi connectivity index (χ1v) is 5.91. The fraction of sp³-hybridized carbons (Fsp3) is 0.778. The lowest BCUT2D eigenvalue weighted by Gasteiger charge is -2.20. The van der Waals surface area contributed by atoms with Gasteiger partial charge in [-0.05, 0) is 12.8 Å². The van der Waals surface area contributed by atoms with Gasteiger partial charge >= 0.3 is 0 Å². The molecule has 0 amide bonds. The number of rotatable bonds is 2. The zero-order chi connectivity index (χ0) is 9.38. The maximum atomic E-state index is 5.62. The Bertz CT molecular complexity index is 318. The second-order valence-electron chi connectivity index (χ2n) is 3.82. The van der Waals surface area contributed by atoms with E-state index in [9.17, 15) is 0 Å². The summed E-state index contributed by atoms with van der Waals surface area (Å²) in [5, 5.41) is 14.0. The van der Waals surface area contributed by atoms with Crippen LogP contribution in [0.3, 0.4) is 0 Å². The van der Waals surface area contributed by atoms with Gasteiger partial charge in [-0.15, -0.1) is 10.2 Å². The van der Waals surface area contributed by atoms with Gasteiger partial charge < -0.3 is 10.1 Å². The fourth-order valence-electron chi connectivity index (χ4n) is 1.60. The van der Waals surface area contributed by atoms with Gasteiger partial charge in [-0.1, -0.05) is 11.3 Å². The number of morpholine rings is 1. The Kier molecular flexibility index (Phi) is 2.23. The molecular weight excluding hydrogens is 198 g/mol. The molecule has 1 aliphatic carbocycles. The van der Waals surface area contributed by atoms with Crippen molar-refractivity contribution in [1.82, 2.24) is 15.5 Å². The van der Waals surface area contributed by atoms with Crippen LogP contribution in [0, 0.1) is 0 Å². The number of nitrogens with zero attached hydrogens (tertiary/aromatic N) is 2. The maximum absolute atomic E-state index is 5.62. The van der Waals surface area contributed by atoms with E-state index < -0.39 is 0 Å². The van der Waals surface area contributed by atoms with Gasteiger partial charge in [0.05, 0.1) is 6.61 Å². The van der Waals surface area contributed by atoms with E-state index in [4.69, 9.17) is 4.74 Å². The summed E-state index contributed by atoms with van der Waals surface area (Å²) in [5.74, 6) is 0.706. The average Bonchev–Trinajstić information content (AvgIpc) is 2.98. The normalized spacial score (nSPS) is 27.9. The summed E-state index contributed by atoms with van der Waals surface area (Å²) in [5.41, 5.74) is 0. The number of ether oxygens (including phenoxy) is 1. The molecule has 1 saturated heterocycles. The van der Waals surface area contributed by atoms with E-state index in [0.29, 0.717) is 5.92 Å². The third-order valence-electron chi connectivity index (χ3n) is 2.59. The van der Waals surface area contributed by atoms with Crippen molar-refractivity contribution in [1.29, 1.82) is 0 Å². The van der Waals surface area contributed by atoms with Gasteiger partial charge in [0.25, 0.3) is 0 Å². The minimum atomic E-state index is 0.133. The van der Waals surface area contributed by atoms with Crippen molar-refractivity contribution in [2.24, 2.45) is 0 Å². The van der Waals surface area contributed by atoms with Gasteiger partial charge in [-0.2, -0.15) is 0 Å². The highest BCUT2D eigenvalue weighted by molar-refractivity contribution is 7.11. The zero-order valence-corrected chi connectivity index (χ0v) is 8.72. The van der Waals surface area contributed by atoms with Crippen LogP contribution in [0.15, 0.2) is 0 Å². The number of hydrogen-bond acceptors (Lipinski definition) is 5. The summed E-state index contributed by atoms with van der Waals surface area (Å²) in [6.07, 6.45) is 2.71. The lowest BCUT2D eigenvalue weighted by molar-refractivity contribution is 0.0271. The Labute approximate surface area is 86.7 Å². The zero-order valence-electron chi connectivity index (χ0n) is 7.90. The summed E-state index contributed by atoms with van der Waals surface area (Å²) in [6.45, 7) is 2.60. The highest BCUT2D eigenvalue weighted by Crippen LogP contribution is 2.42. The van der Waals surface area contributed by atoms with E-state index in [1.54, 1.807) is 11.3 Å². The lowest BCUT2D eigenvalue weighted by Crippen LogP contribution is -2.33. The Morgan fingerprint density at radius 2 is 2.14 bits per heavy atom. The smallest absolute Gasteiger partial charge is 0.147 e. The minimum Gasteiger partial charge on any atom is -0.368 e. The van der Waals surface area contributed by atoms with Crippen LogP contribution in [0.2, 0.25) is 0 Å². The predicted molar refractivity (Wildman–Crippen MR) is 53.4 cm³/mol. The van der Waals surface area contributed by atoms with Crippen LogP contribution in [-0.2, 0) is 4.74 Å². The molecule has 0 radical (unpaired) electrons. The fourth-order valence-corrected chi connectivity index (χ4v) is 2.66. The Hall–Kier alpha value is -0.520. The Morgan fingerprint density at radius 1 is 1.29 bits per heavy atom. The van der Waals surface area contributed by atoms with Crippen molar-refractivity contribution in [3.8, 4) is 0 Å². The Balaban J connectivity index is 1.74. The molecule has 14 heavy (non-hydrogen) atoms. The molecule has 2 aliphatic rings. The van der Waals surface area contributed by atoms with Gasteiger partial charge in [0.15, 0.2) is 0 Å². The molecule has 4 nitrogen and oxygen atoms in total. The van der Waals surface area contributed by atoms with E-state index in [1.165, 1.54) is 17.8 Å². The van der Waals surface area contributed by atoms with Crippen molar-refractivity contribution in [3.05, 3.63) is 10.0 Å². The van der Waals surface area contributed by atoms with Crippen LogP contribution in [-0.4, -0.2) is 29.9 Å². The van der Waals surface area contributed by atoms with Crippen LogP contribution in [0.25, 0.3) is 0 Å². The summed E-state index contributed by atoms with van der Waals surface area (Å²) in [4.78, 5) is 0. The standard InChI is InChI=1S/C9H13N3OS/c1-2-6(1)8-11-12-9(14-8)7-5-10-3-4-13-7/h6-7,10H,1-5H2. The van der Waals surface area contributed by atoms with Crippen molar-refractivity contribution in [2.45, 2.75) is 24.9 Å². The topological polar surface area (TPSA) is 47.0 Å². The van der Waals surface area contributed by atoms with Crippen LogP contribution < -0.4 is 5.32 Å². The molecule has 1 saturated carbocycles. The van der Waals surface area contributed by atoms with Crippen molar-refractivity contribution in [2.75, 3.05) is 19.7 Å². The maximum Gasteiger partial charge on any atom is 0.147 e. The molecule has 2 fully saturated rings. The van der Waals surface area contributed by atoms with Gasteiger partial charge in [0, 0.05) is 19.0 Å². The lowest BCUT2D eigenvalue weighted by atomic mass is 10.3. The summed E-state index contributed by atoms with van der Waals surface area (Å²) in [7, 11) is 0. The molecule has 0 aromatic carbocycles. The third-order valence-corrected chi connectivity index (χ3v) is 3.76. The van der Waals surface area contributed by atoms with Crippen molar-refractivity contribution in [3.63, 3.8) is 0 Å². The average molecular weight is 211 g/mol. The molecular formula is C9H13N3OS. The number of nitrogens with one attached hydrogen (secondary N) is 1. The Morgan fingerprint density at radius 3 is 2.86 bits per heavy atom. The highest BCUT2D eigenvalue weighted by Gasteiger charge is 2.29. The van der Waals surface area contributed by atoms with Gasteiger partial charge in [-0.3, -0.25) is 0 Å². The molecule has 76 valence electrons. The third kappa shape index (κ3) is 1.67. The quantitative estimate of drug-likeness (QED) is 0.795. The van der Waals surface area contributed by atoms with E-state index >= 15 is 0 Å². The first kappa shape index (κ1) is 8.76. The first-order chi connectivity index (χ1) is 6.93. The number of aromatic nitrogens is 2. The van der Waals surface area contributed by atoms with E-state index in [2.05, 4.69) is 15.5 Å². The van der Waals surface area contributed by atoms with Crippen molar-refractivity contribution < 1.29 is 4.74 Å². The van der Waals surface area contributed by atoms with Crippen LogP contribution in [0.4, 0.5) is 0 Å². The van der Waals surface area contributed by atoms with Crippen LogP contribution in [0.1, 0.15) is 34.9 Å². The molecule has 0 spiro atoms. The SMILES string of the molecule is C1COC(c2nnc(C3CC3)s2)CN1. The van der Waals surface area contributed by atoms with Gasteiger partial charge in [0.1, 0.15) is 16.1 Å². The van der Waals surface area contributed by atoms with Gasteiger partial charge in [0.2, 0.25) is 0 Å². The molecule has 1 N–H and O–H groups in total.